The maximum absolute atomic E-state index is 14.9. The molecule has 0 spiro atoms. The van der Waals surface area contributed by atoms with Gasteiger partial charge in [0.15, 0.2) is 0 Å². The molecule has 0 aromatic carbocycles. The number of nitrogens with one attached hydrogen (secondary N) is 1. The first kappa shape index (κ1) is 19.3. The van der Waals surface area contributed by atoms with Crippen molar-refractivity contribution in [3.63, 3.8) is 0 Å². The van der Waals surface area contributed by atoms with Gasteiger partial charge in [0.2, 0.25) is 5.91 Å². The second-order valence-electron chi connectivity index (χ2n) is 8.19. The standard InChI is InChI=1S/C20H26FN3O3/c1-19(2,3)27-18(26)24-12-15-16(13-24)20(15,21)8-10-23-17(25)7-6-14-5-4-9-22-11-14/h4-7,9,11,15-16H,8,10,12-13H2,1-3H3,(H,23,25)/b7-6+/t15-,16+,20?. The van der Waals surface area contributed by atoms with Gasteiger partial charge >= 0.3 is 6.09 Å². The molecule has 6 nitrogen and oxygen atoms in total. The minimum absolute atomic E-state index is 0.159. The second-order valence-corrected chi connectivity index (χ2v) is 8.19. The van der Waals surface area contributed by atoms with Gasteiger partial charge in [-0.3, -0.25) is 9.78 Å². The van der Waals surface area contributed by atoms with E-state index in [1.807, 2.05) is 26.8 Å². The molecule has 3 rings (SSSR count). The summed E-state index contributed by atoms with van der Waals surface area (Å²) in [6.07, 6.45) is 6.27. The van der Waals surface area contributed by atoms with Crippen molar-refractivity contribution in [2.75, 3.05) is 19.6 Å². The predicted molar refractivity (Wildman–Crippen MR) is 99.5 cm³/mol. The summed E-state index contributed by atoms with van der Waals surface area (Å²) in [5.41, 5.74) is -1.02. The average Bonchev–Trinajstić information content (AvgIpc) is 2.96. The third-order valence-electron chi connectivity index (χ3n) is 5.01. The highest BCUT2D eigenvalue weighted by molar-refractivity contribution is 5.91. The fourth-order valence-corrected chi connectivity index (χ4v) is 3.60. The van der Waals surface area contributed by atoms with Crippen LogP contribution in [0.15, 0.2) is 30.6 Å². The molecule has 146 valence electrons. The summed E-state index contributed by atoms with van der Waals surface area (Å²) < 4.78 is 20.3. The molecule has 1 aromatic heterocycles. The van der Waals surface area contributed by atoms with E-state index in [0.29, 0.717) is 13.1 Å². The van der Waals surface area contributed by atoms with Gasteiger partial charge in [-0.05, 0) is 44.9 Å². The molecule has 2 amide bonds. The zero-order chi connectivity index (χ0) is 19.7. The van der Waals surface area contributed by atoms with Gasteiger partial charge in [0.25, 0.3) is 0 Å². The predicted octanol–water partition coefficient (Wildman–Crippen LogP) is 2.81. The molecule has 7 heteroatoms. The molecular formula is C20H26FN3O3. The Morgan fingerprint density at radius 3 is 2.70 bits per heavy atom. The molecule has 0 radical (unpaired) electrons. The molecule has 1 N–H and O–H groups in total. The van der Waals surface area contributed by atoms with Crippen molar-refractivity contribution in [3.05, 3.63) is 36.2 Å². The van der Waals surface area contributed by atoms with E-state index in [2.05, 4.69) is 10.3 Å². The Morgan fingerprint density at radius 1 is 1.41 bits per heavy atom. The van der Waals surface area contributed by atoms with Crippen molar-refractivity contribution in [3.8, 4) is 0 Å². The van der Waals surface area contributed by atoms with Crippen LogP contribution in [0, 0.1) is 11.8 Å². The number of hydrogen-bond acceptors (Lipinski definition) is 4. The molecule has 3 atom stereocenters. The van der Waals surface area contributed by atoms with Gasteiger partial charge in [-0.2, -0.15) is 0 Å². The first-order chi connectivity index (χ1) is 12.7. The Morgan fingerprint density at radius 2 is 2.11 bits per heavy atom. The summed E-state index contributed by atoms with van der Waals surface area (Å²) in [6, 6.07) is 3.63. The van der Waals surface area contributed by atoms with Crippen molar-refractivity contribution in [1.29, 1.82) is 0 Å². The Bertz CT molecular complexity index is 718. The van der Waals surface area contributed by atoms with Gasteiger partial charge in [-0.1, -0.05) is 6.07 Å². The number of halogens is 1. The summed E-state index contributed by atoms with van der Waals surface area (Å²) in [4.78, 5) is 29.4. The van der Waals surface area contributed by atoms with E-state index in [1.54, 1.807) is 29.4 Å². The Balaban J connectivity index is 1.39. The molecule has 1 unspecified atom stereocenters. The number of hydrogen-bond donors (Lipinski definition) is 1. The van der Waals surface area contributed by atoms with Crippen LogP contribution in [0.4, 0.5) is 9.18 Å². The second kappa shape index (κ2) is 7.29. The molecular weight excluding hydrogens is 349 g/mol. The Labute approximate surface area is 158 Å². The minimum atomic E-state index is -1.29. The highest BCUT2D eigenvalue weighted by atomic mass is 19.1. The topological polar surface area (TPSA) is 71.5 Å². The fourth-order valence-electron chi connectivity index (χ4n) is 3.60. The number of piperidine rings is 1. The largest absolute Gasteiger partial charge is 0.444 e. The Kier molecular flexibility index (Phi) is 5.22. The number of amides is 2. The Hall–Kier alpha value is -2.44. The van der Waals surface area contributed by atoms with Crippen LogP contribution < -0.4 is 5.32 Å². The summed E-state index contributed by atoms with van der Waals surface area (Å²) in [5, 5.41) is 2.71. The van der Waals surface area contributed by atoms with Crippen molar-refractivity contribution in [1.82, 2.24) is 15.2 Å². The van der Waals surface area contributed by atoms with Gasteiger partial charge in [0.05, 0.1) is 0 Å². The molecule has 1 aliphatic carbocycles. The van der Waals surface area contributed by atoms with Crippen LogP contribution in [0.2, 0.25) is 0 Å². The highest BCUT2D eigenvalue weighted by Crippen LogP contribution is 2.60. The molecule has 1 aliphatic heterocycles. The normalized spacial score (nSPS) is 26.7. The number of ether oxygens (including phenoxy) is 1. The lowest BCUT2D eigenvalue weighted by Crippen LogP contribution is -2.39. The van der Waals surface area contributed by atoms with E-state index < -0.39 is 11.3 Å². The van der Waals surface area contributed by atoms with Crippen LogP contribution in [-0.2, 0) is 9.53 Å². The number of fused-ring (bicyclic) bond motifs is 1. The first-order valence-corrected chi connectivity index (χ1v) is 9.22. The number of pyridine rings is 1. The number of rotatable bonds is 5. The highest BCUT2D eigenvalue weighted by Gasteiger charge is 2.69. The van der Waals surface area contributed by atoms with Crippen LogP contribution in [0.25, 0.3) is 6.08 Å². The molecule has 2 fully saturated rings. The summed E-state index contributed by atoms with van der Waals surface area (Å²) in [6.45, 7) is 6.47. The third kappa shape index (κ3) is 4.64. The van der Waals surface area contributed by atoms with Crippen LogP contribution in [-0.4, -0.2) is 52.8 Å². The van der Waals surface area contributed by atoms with E-state index in [4.69, 9.17) is 4.74 Å². The SMILES string of the molecule is CC(C)(C)OC(=O)N1C[C@@H]2[C@H](C1)C2(F)CCNC(=O)/C=C/c1cccnc1. The van der Waals surface area contributed by atoms with Crippen molar-refractivity contribution < 1.29 is 18.7 Å². The van der Waals surface area contributed by atoms with Crippen LogP contribution in [0.1, 0.15) is 32.8 Å². The minimum Gasteiger partial charge on any atom is -0.444 e. The van der Waals surface area contributed by atoms with Gasteiger partial charge in [-0.15, -0.1) is 0 Å². The average molecular weight is 375 g/mol. The van der Waals surface area contributed by atoms with E-state index in [1.165, 1.54) is 6.08 Å². The molecule has 2 aliphatic rings. The fraction of sp³-hybridized carbons (Fsp3) is 0.550. The van der Waals surface area contributed by atoms with E-state index >= 15 is 0 Å². The number of carbonyl (C=O) groups excluding carboxylic acids is 2. The summed E-state index contributed by atoms with van der Waals surface area (Å²) in [7, 11) is 0. The maximum Gasteiger partial charge on any atom is 0.410 e. The summed E-state index contributed by atoms with van der Waals surface area (Å²) >= 11 is 0. The van der Waals surface area contributed by atoms with Gasteiger partial charge in [-0.25, -0.2) is 9.18 Å². The van der Waals surface area contributed by atoms with Crippen LogP contribution >= 0.6 is 0 Å². The van der Waals surface area contributed by atoms with E-state index in [0.717, 1.165) is 5.56 Å². The maximum atomic E-state index is 14.9. The van der Waals surface area contributed by atoms with E-state index in [-0.39, 0.29) is 36.8 Å². The number of nitrogens with zero attached hydrogens (tertiary/aromatic N) is 2. The van der Waals surface area contributed by atoms with Crippen molar-refractivity contribution in [2.24, 2.45) is 11.8 Å². The molecule has 0 bridgehead atoms. The van der Waals surface area contributed by atoms with Crippen LogP contribution in [0.3, 0.4) is 0 Å². The number of carbonyl (C=O) groups is 2. The third-order valence-corrected chi connectivity index (χ3v) is 5.01. The first-order valence-electron chi connectivity index (χ1n) is 9.22. The summed E-state index contributed by atoms with van der Waals surface area (Å²) in [5.74, 6) is -0.579. The van der Waals surface area contributed by atoms with Gasteiger partial charge in [0.1, 0.15) is 11.3 Å². The zero-order valence-electron chi connectivity index (χ0n) is 15.9. The monoisotopic (exact) mass is 375 g/mol. The molecule has 2 heterocycles. The lowest BCUT2D eigenvalue weighted by Gasteiger charge is -2.26. The van der Waals surface area contributed by atoms with Crippen molar-refractivity contribution >= 4 is 18.1 Å². The number of aromatic nitrogens is 1. The van der Waals surface area contributed by atoms with E-state index in [9.17, 15) is 14.0 Å². The molecule has 1 saturated heterocycles. The quantitative estimate of drug-likeness (QED) is 0.804. The lowest BCUT2D eigenvalue weighted by atomic mass is 10.1. The molecule has 1 saturated carbocycles. The van der Waals surface area contributed by atoms with Crippen molar-refractivity contribution in [2.45, 2.75) is 38.5 Å². The number of alkyl halides is 1. The van der Waals surface area contributed by atoms with Gasteiger partial charge in [0, 0.05) is 49.9 Å². The van der Waals surface area contributed by atoms with Gasteiger partial charge < -0.3 is 15.0 Å². The smallest absolute Gasteiger partial charge is 0.410 e. The number of likely N-dealkylation sites (tertiary alicyclic amines) is 1. The van der Waals surface area contributed by atoms with Crippen LogP contribution in [0.5, 0.6) is 0 Å². The molecule has 27 heavy (non-hydrogen) atoms. The molecule has 1 aromatic rings. The lowest BCUT2D eigenvalue weighted by molar-refractivity contribution is -0.116. The zero-order valence-corrected chi connectivity index (χ0v) is 15.9.